The van der Waals surface area contributed by atoms with Crippen molar-refractivity contribution in [3.05, 3.63) is 22.2 Å². The number of nitrogens with one attached hydrogen (secondary N) is 2. The molecule has 0 atom stereocenters. The maximum absolute atomic E-state index is 11.9. The number of non-ortho nitro benzene ring substituents is 1. The van der Waals surface area contributed by atoms with Crippen molar-refractivity contribution in [1.29, 1.82) is 0 Å². The summed E-state index contributed by atoms with van der Waals surface area (Å²) in [4.78, 5) is 34.1. The van der Waals surface area contributed by atoms with Crippen LogP contribution in [0.15, 0.2) is 27.0 Å². The summed E-state index contributed by atoms with van der Waals surface area (Å²) >= 11 is 0. The molecule has 2 heterocycles. The van der Waals surface area contributed by atoms with E-state index in [4.69, 9.17) is 15.9 Å². The highest BCUT2D eigenvalue weighted by molar-refractivity contribution is 5.88. The maximum atomic E-state index is 11.9. The van der Waals surface area contributed by atoms with E-state index in [0.29, 0.717) is 19.3 Å². The lowest BCUT2D eigenvalue weighted by atomic mass is 10.0. The number of terminal acetylenes is 1. The first-order chi connectivity index (χ1) is 16.4. The number of amides is 2. The van der Waals surface area contributed by atoms with Crippen molar-refractivity contribution < 1.29 is 28.6 Å². The first kappa shape index (κ1) is 24.5. The lowest BCUT2D eigenvalue weighted by Crippen LogP contribution is -2.38. The standard InChI is InChI=1S/C20H23N7O7/c1-2-3-7-20(25-26-20)8-6-16(28)22-13-17(29)21-9-10-32-11-12-33-15-5-4-14(27(30)31)18-19(15)24-34-23-18/h1,4-5H,3,6-13H2,(H,21,29)(H,22,28). The molecule has 1 aliphatic heterocycles. The molecule has 1 aliphatic rings. The zero-order valence-corrected chi connectivity index (χ0v) is 18.2. The van der Waals surface area contributed by atoms with Crippen molar-refractivity contribution in [3.63, 3.8) is 0 Å². The van der Waals surface area contributed by atoms with Crippen molar-refractivity contribution in [2.75, 3.05) is 32.9 Å². The van der Waals surface area contributed by atoms with Gasteiger partial charge in [-0.2, -0.15) is 10.2 Å². The Kier molecular flexibility index (Phi) is 8.41. The molecular weight excluding hydrogens is 450 g/mol. The summed E-state index contributed by atoms with van der Waals surface area (Å²) in [5, 5.41) is 31.2. The number of fused-ring (bicyclic) bond motifs is 1. The van der Waals surface area contributed by atoms with Crippen LogP contribution in [-0.2, 0) is 14.3 Å². The van der Waals surface area contributed by atoms with E-state index in [1.165, 1.54) is 12.1 Å². The van der Waals surface area contributed by atoms with Gasteiger partial charge in [0.2, 0.25) is 17.3 Å². The number of nitro benzene ring substituents is 1. The zero-order chi connectivity index (χ0) is 24.4. The van der Waals surface area contributed by atoms with E-state index in [1.807, 2.05) is 0 Å². The Morgan fingerprint density at radius 2 is 1.91 bits per heavy atom. The van der Waals surface area contributed by atoms with Gasteiger partial charge < -0.3 is 20.1 Å². The van der Waals surface area contributed by atoms with E-state index >= 15 is 0 Å². The van der Waals surface area contributed by atoms with Crippen LogP contribution in [0.3, 0.4) is 0 Å². The number of nitro groups is 1. The van der Waals surface area contributed by atoms with E-state index in [0.717, 1.165) is 0 Å². The summed E-state index contributed by atoms with van der Waals surface area (Å²) in [7, 11) is 0. The SMILES string of the molecule is C#CCCC1(CCC(=O)NCC(=O)NCCOCCOc2ccc([N+](=O)[O-])c3nonc23)N=N1. The van der Waals surface area contributed by atoms with Gasteiger partial charge >= 0.3 is 5.69 Å². The smallest absolute Gasteiger partial charge is 0.301 e. The van der Waals surface area contributed by atoms with E-state index < -0.39 is 10.6 Å². The molecule has 14 nitrogen and oxygen atoms in total. The summed E-state index contributed by atoms with van der Waals surface area (Å²) in [6.07, 6.45) is 7.07. The van der Waals surface area contributed by atoms with Gasteiger partial charge in [0.05, 0.1) is 24.7 Å². The predicted octanol–water partition coefficient (Wildman–Crippen LogP) is 1.11. The molecule has 2 N–H and O–H groups in total. The van der Waals surface area contributed by atoms with Gasteiger partial charge in [0.25, 0.3) is 0 Å². The molecule has 14 heteroatoms. The summed E-state index contributed by atoms with van der Waals surface area (Å²) in [5.41, 5.74) is -0.611. The second kappa shape index (κ2) is 11.7. The molecule has 2 aromatic rings. The largest absolute Gasteiger partial charge is 0.489 e. The average Bonchev–Trinajstić information content (AvgIpc) is 3.43. The molecule has 180 valence electrons. The summed E-state index contributed by atoms with van der Waals surface area (Å²) in [6.45, 7) is 0.677. The van der Waals surface area contributed by atoms with Crippen molar-refractivity contribution in [2.45, 2.75) is 31.3 Å². The van der Waals surface area contributed by atoms with Crippen LogP contribution in [0.1, 0.15) is 25.7 Å². The second-order valence-corrected chi connectivity index (χ2v) is 7.28. The fourth-order valence-corrected chi connectivity index (χ4v) is 2.98. The molecule has 0 saturated heterocycles. The van der Waals surface area contributed by atoms with E-state index in [1.54, 1.807) is 0 Å². The number of rotatable bonds is 15. The number of carbonyl (C=O) groups excluding carboxylic acids is 2. The highest BCUT2D eigenvalue weighted by Gasteiger charge is 2.39. The normalized spacial score (nSPS) is 13.3. The van der Waals surface area contributed by atoms with Crippen LogP contribution in [0.25, 0.3) is 11.0 Å². The van der Waals surface area contributed by atoms with Gasteiger partial charge in [-0.25, -0.2) is 4.63 Å². The Hall–Kier alpha value is -4.12. The monoisotopic (exact) mass is 473 g/mol. The average molecular weight is 473 g/mol. The fourth-order valence-electron chi connectivity index (χ4n) is 2.98. The zero-order valence-electron chi connectivity index (χ0n) is 18.2. The molecule has 34 heavy (non-hydrogen) atoms. The quantitative estimate of drug-likeness (QED) is 0.165. The minimum Gasteiger partial charge on any atom is -0.489 e. The third-order valence-corrected chi connectivity index (χ3v) is 4.86. The van der Waals surface area contributed by atoms with Gasteiger partial charge in [-0.05, 0) is 16.4 Å². The van der Waals surface area contributed by atoms with Gasteiger partial charge in [-0.15, -0.1) is 12.3 Å². The van der Waals surface area contributed by atoms with Gasteiger partial charge in [0.15, 0.2) is 16.9 Å². The van der Waals surface area contributed by atoms with Crippen molar-refractivity contribution in [2.24, 2.45) is 10.2 Å². The van der Waals surface area contributed by atoms with Gasteiger partial charge in [0.1, 0.15) is 6.61 Å². The number of benzene rings is 1. The lowest BCUT2D eigenvalue weighted by Gasteiger charge is -2.10. The van der Waals surface area contributed by atoms with E-state index in [2.05, 4.69) is 41.7 Å². The topological polar surface area (TPSA) is 183 Å². The van der Waals surface area contributed by atoms with Crippen LogP contribution in [0.4, 0.5) is 5.69 Å². The Labute approximate surface area is 193 Å². The summed E-state index contributed by atoms with van der Waals surface area (Å²) < 4.78 is 15.4. The third kappa shape index (κ3) is 6.94. The number of hydrogen-bond acceptors (Lipinski definition) is 11. The van der Waals surface area contributed by atoms with Crippen LogP contribution >= 0.6 is 0 Å². The highest BCUT2D eigenvalue weighted by Crippen LogP contribution is 2.37. The molecule has 0 fully saturated rings. The second-order valence-electron chi connectivity index (χ2n) is 7.28. The van der Waals surface area contributed by atoms with Crippen molar-refractivity contribution in [1.82, 2.24) is 20.9 Å². The molecule has 3 rings (SSSR count). The Bertz CT molecular complexity index is 1100. The molecule has 0 aliphatic carbocycles. The number of nitrogens with zero attached hydrogens (tertiary/aromatic N) is 5. The van der Waals surface area contributed by atoms with Gasteiger partial charge in [0, 0.05) is 38.3 Å². The molecule has 1 aromatic carbocycles. The summed E-state index contributed by atoms with van der Waals surface area (Å²) in [5.74, 6) is 2.20. The number of hydrogen-bond donors (Lipinski definition) is 2. The predicted molar refractivity (Wildman–Crippen MR) is 116 cm³/mol. The van der Waals surface area contributed by atoms with Gasteiger partial charge in [-0.1, -0.05) is 0 Å². The molecule has 1 aromatic heterocycles. The van der Waals surface area contributed by atoms with Crippen LogP contribution in [0, 0.1) is 22.5 Å². The van der Waals surface area contributed by atoms with Crippen LogP contribution in [0.5, 0.6) is 5.75 Å². The molecule has 0 saturated carbocycles. The fraction of sp³-hybridized carbons (Fsp3) is 0.500. The molecule has 0 spiro atoms. The molecule has 0 bridgehead atoms. The first-order valence-electron chi connectivity index (χ1n) is 10.5. The van der Waals surface area contributed by atoms with Crippen molar-refractivity contribution in [3.8, 4) is 18.1 Å². The molecule has 0 radical (unpaired) electrons. The van der Waals surface area contributed by atoms with Crippen LogP contribution in [-0.4, -0.2) is 65.6 Å². The molecular formula is C20H23N7O7. The van der Waals surface area contributed by atoms with Gasteiger partial charge in [-0.3, -0.25) is 19.7 Å². The third-order valence-electron chi connectivity index (χ3n) is 4.86. The number of aromatic nitrogens is 2. The Balaban J connectivity index is 1.23. The van der Waals surface area contributed by atoms with E-state index in [-0.39, 0.29) is 73.6 Å². The minimum atomic E-state index is -0.586. The minimum absolute atomic E-state index is 0.000776. The number of carbonyl (C=O) groups is 2. The molecule has 0 unspecified atom stereocenters. The Morgan fingerprint density at radius 1 is 1.12 bits per heavy atom. The number of ether oxygens (including phenoxy) is 2. The van der Waals surface area contributed by atoms with E-state index in [9.17, 15) is 19.7 Å². The summed E-state index contributed by atoms with van der Waals surface area (Å²) in [6, 6.07) is 2.66. The van der Waals surface area contributed by atoms with Crippen molar-refractivity contribution >= 4 is 28.5 Å². The highest BCUT2D eigenvalue weighted by atomic mass is 16.6. The Morgan fingerprint density at radius 3 is 2.65 bits per heavy atom. The first-order valence-corrected chi connectivity index (χ1v) is 10.5. The van der Waals surface area contributed by atoms with Crippen LogP contribution < -0.4 is 15.4 Å². The maximum Gasteiger partial charge on any atom is 0.301 e. The molecule has 2 amide bonds. The lowest BCUT2D eigenvalue weighted by molar-refractivity contribution is -0.383. The van der Waals surface area contributed by atoms with Crippen LogP contribution in [0.2, 0.25) is 0 Å².